The molecule has 0 amide bonds. The van der Waals surface area contributed by atoms with Crippen molar-refractivity contribution >= 4 is 17.1 Å². The summed E-state index contributed by atoms with van der Waals surface area (Å²) in [5.41, 5.74) is 5.84. The molecule has 0 unspecified atom stereocenters. The summed E-state index contributed by atoms with van der Waals surface area (Å²) in [6.45, 7) is 0.650. The van der Waals surface area contributed by atoms with Gasteiger partial charge in [0.05, 0.1) is 5.01 Å². The smallest absolute Gasteiger partial charge is 0.207 e. The van der Waals surface area contributed by atoms with Crippen molar-refractivity contribution in [2.45, 2.75) is 6.42 Å². The predicted molar refractivity (Wildman–Crippen MR) is 51.1 cm³/mol. The average molecular weight is 200 g/mol. The van der Waals surface area contributed by atoms with Crippen molar-refractivity contribution in [3.63, 3.8) is 0 Å². The highest BCUT2D eigenvalue weighted by Crippen LogP contribution is 2.10. The number of aromatic nitrogens is 1. The first kappa shape index (κ1) is 10.3. The summed E-state index contributed by atoms with van der Waals surface area (Å²) in [5.74, 6) is -0.0815. The molecule has 1 rings (SSSR count). The van der Waals surface area contributed by atoms with Crippen LogP contribution in [0.25, 0.3) is 0 Å². The summed E-state index contributed by atoms with van der Waals surface area (Å²) in [5, 5.41) is 2.65. The molecule has 1 aromatic rings. The molecular formula is C8H12N2O2S. The summed E-state index contributed by atoms with van der Waals surface area (Å²) < 4.78 is 4.72. The Morgan fingerprint density at radius 1 is 1.77 bits per heavy atom. The van der Waals surface area contributed by atoms with E-state index in [1.807, 2.05) is 0 Å². The number of thiazole rings is 1. The number of hydrogen-bond acceptors (Lipinski definition) is 5. The number of ether oxygens (including phenoxy) is 1. The van der Waals surface area contributed by atoms with Gasteiger partial charge in [-0.3, -0.25) is 4.79 Å². The normalized spacial score (nSPS) is 10.3. The van der Waals surface area contributed by atoms with E-state index in [-0.39, 0.29) is 12.4 Å². The van der Waals surface area contributed by atoms with Gasteiger partial charge in [0.1, 0.15) is 12.3 Å². The van der Waals surface area contributed by atoms with Gasteiger partial charge in [-0.25, -0.2) is 4.98 Å². The zero-order valence-corrected chi connectivity index (χ0v) is 8.26. The monoisotopic (exact) mass is 200 g/mol. The highest BCUT2D eigenvalue weighted by atomic mass is 32.1. The van der Waals surface area contributed by atoms with Crippen molar-refractivity contribution < 1.29 is 9.53 Å². The quantitative estimate of drug-likeness (QED) is 0.702. The number of carbonyl (C=O) groups is 1. The molecule has 1 aromatic heterocycles. The molecule has 0 bridgehead atoms. The zero-order valence-electron chi connectivity index (χ0n) is 7.45. The molecule has 4 nitrogen and oxygen atoms in total. The van der Waals surface area contributed by atoms with E-state index >= 15 is 0 Å². The largest absolute Gasteiger partial charge is 0.376 e. The molecule has 0 spiro atoms. The van der Waals surface area contributed by atoms with Crippen molar-refractivity contribution in [2.24, 2.45) is 5.73 Å². The van der Waals surface area contributed by atoms with E-state index in [1.165, 1.54) is 18.4 Å². The lowest BCUT2D eigenvalue weighted by molar-refractivity contribution is 0.0843. The van der Waals surface area contributed by atoms with Gasteiger partial charge in [-0.15, -0.1) is 11.3 Å². The van der Waals surface area contributed by atoms with E-state index in [4.69, 9.17) is 10.5 Å². The van der Waals surface area contributed by atoms with Gasteiger partial charge in [-0.1, -0.05) is 0 Å². The molecule has 0 fully saturated rings. The molecule has 0 aliphatic rings. The second-order valence-electron chi connectivity index (χ2n) is 2.52. The first-order valence-electron chi connectivity index (χ1n) is 3.94. The molecule has 2 N–H and O–H groups in total. The van der Waals surface area contributed by atoms with Crippen LogP contribution in [0.3, 0.4) is 0 Å². The van der Waals surface area contributed by atoms with Gasteiger partial charge in [0, 0.05) is 18.9 Å². The van der Waals surface area contributed by atoms with Crippen LogP contribution in [0.5, 0.6) is 0 Å². The van der Waals surface area contributed by atoms with Gasteiger partial charge < -0.3 is 10.5 Å². The SMILES string of the molecule is COCC(=O)c1csc(CCN)n1. The van der Waals surface area contributed by atoms with Crippen LogP contribution in [0.2, 0.25) is 0 Å². The number of carbonyl (C=O) groups excluding carboxylic acids is 1. The maximum atomic E-state index is 11.3. The lowest BCUT2D eigenvalue weighted by Gasteiger charge is -1.93. The summed E-state index contributed by atoms with van der Waals surface area (Å²) in [6.07, 6.45) is 0.727. The standard InChI is InChI=1S/C8H12N2O2S/c1-12-4-7(11)6-5-13-8(10-6)2-3-9/h5H,2-4,9H2,1H3. The molecule has 0 aliphatic heterocycles. The minimum Gasteiger partial charge on any atom is -0.376 e. The number of hydrogen-bond donors (Lipinski definition) is 1. The number of ketones is 1. The van der Waals surface area contributed by atoms with E-state index in [0.717, 1.165) is 11.4 Å². The highest BCUT2D eigenvalue weighted by Gasteiger charge is 2.09. The summed E-state index contributed by atoms with van der Waals surface area (Å²) in [7, 11) is 1.49. The van der Waals surface area contributed by atoms with Gasteiger partial charge in [0.25, 0.3) is 0 Å². The molecule has 0 radical (unpaired) electrons. The fourth-order valence-electron chi connectivity index (χ4n) is 0.882. The Balaban J connectivity index is 2.62. The van der Waals surface area contributed by atoms with E-state index in [2.05, 4.69) is 4.98 Å². The van der Waals surface area contributed by atoms with Gasteiger partial charge in [0.15, 0.2) is 0 Å². The topological polar surface area (TPSA) is 65.2 Å². The molecule has 72 valence electrons. The van der Waals surface area contributed by atoms with Crippen LogP contribution in [0.1, 0.15) is 15.5 Å². The van der Waals surface area contributed by atoms with Crippen molar-refractivity contribution in [2.75, 3.05) is 20.3 Å². The van der Waals surface area contributed by atoms with Gasteiger partial charge in [0.2, 0.25) is 5.78 Å². The van der Waals surface area contributed by atoms with Crippen molar-refractivity contribution in [1.82, 2.24) is 4.98 Å². The third-order valence-corrected chi connectivity index (χ3v) is 2.38. The van der Waals surface area contributed by atoms with E-state index < -0.39 is 0 Å². The second kappa shape index (κ2) is 5.06. The van der Waals surface area contributed by atoms with E-state index in [0.29, 0.717) is 12.2 Å². The zero-order chi connectivity index (χ0) is 9.68. The van der Waals surface area contributed by atoms with Gasteiger partial charge in [-0.2, -0.15) is 0 Å². The molecule has 0 atom stereocenters. The van der Waals surface area contributed by atoms with Gasteiger partial charge in [-0.05, 0) is 6.54 Å². The summed E-state index contributed by atoms with van der Waals surface area (Å²) >= 11 is 1.46. The van der Waals surface area contributed by atoms with Crippen LogP contribution in [0.4, 0.5) is 0 Å². The Hall–Kier alpha value is -0.780. The third kappa shape index (κ3) is 2.87. The fraction of sp³-hybridized carbons (Fsp3) is 0.500. The molecule has 0 saturated carbocycles. The molecule has 0 aromatic carbocycles. The van der Waals surface area contributed by atoms with Crippen molar-refractivity contribution in [1.29, 1.82) is 0 Å². The highest BCUT2D eigenvalue weighted by molar-refractivity contribution is 7.09. The fourth-order valence-corrected chi connectivity index (χ4v) is 1.70. The number of nitrogens with zero attached hydrogens (tertiary/aromatic N) is 1. The van der Waals surface area contributed by atoms with Crippen molar-refractivity contribution in [3.05, 3.63) is 16.1 Å². The average Bonchev–Trinajstić information content (AvgIpc) is 2.54. The minimum absolute atomic E-state index is 0.0815. The number of methoxy groups -OCH3 is 1. The lowest BCUT2D eigenvalue weighted by Crippen LogP contribution is -2.08. The first-order chi connectivity index (χ1) is 6.27. The van der Waals surface area contributed by atoms with Crippen LogP contribution in [0, 0.1) is 0 Å². The van der Waals surface area contributed by atoms with Crippen LogP contribution >= 0.6 is 11.3 Å². The summed E-state index contributed by atoms with van der Waals surface area (Å²) in [6, 6.07) is 0. The maximum Gasteiger partial charge on any atom is 0.207 e. The first-order valence-corrected chi connectivity index (χ1v) is 4.82. The molecular weight excluding hydrogens is 188 g/mol. The lowest BCUT2D eigenvalue weighted by atomic mass is 10.3. The Morgan fingerprint density at radius 3 is 3.15 bits per heavy atom. The maximum absolute atomic E-state index is 11.3. The summed E-state index contributed by atoms with van der Waals surface area (Å²) in [4.78, 5) is 15.4. The van der Waals surface area contributed by atoms with Crippen LogP contribution in [0.15, 0.2) is 5.38 Å². The van der Waals surface area contributed by atoms with E-state index in [9.17, 15) is 4.79 Å². The van der Waals surface area contributed by atoms with E-state index in [1.54, 1.807) is 5.38 Å². The van der Waals surface area contributed by atoms with Crippen LogP contribution in [-0.4, -0.2) is 31.0 Å². The Kier molecular flexibility index (Phi) is 4.01. The third-order valence-electron chi connectivity index (χ3n) is 1.47. The van der Waals surface area contributed by atoms with Crippen LogP contribution in [-0.2, 0) is 11.2 Å². The number of rotatable bonds is 5. The Bertz CT molecular complexity index is 285. The Morgan fingerprint density at radius 2 is 2.54 bits per heavy atom. The molecule has 5 heteroatoms. The predicted octanol–water partition coefficient (Wildman–Crippen LogP) is 0.473. The van der Waals surface area contributed by atoms with Gasteiger partial charge >= 0.3 is 0 Å². The minimum atomic E-state index is -0.0815. The second-order valence-corrected chi connectivity index (χ2v) is 3.46. The molecule has 0 aliphatic carbocycles. The van der Waals surface area contributed by atoms with Crippen molar-refractivity contribution in [3.8, 4) is 0 Å². The number of nitrogens with two attached hydrogens (primary N) is 1. The Labute approximate surface area is 80.7 Å². The molecule has 1 heterocycles. The molecule has 0 saturated heterocycles. The number of Topliss-reactive ketones (excluding diaryl/α,β-unsaturated/α-hetero) is 1. The van der Waals surface area contributed by atoms with Crippen LogP contribution < -0.4 is 5.73 Å². The molecule has 13 heavy (non-hydrogen) atoms.